The molecule has 5 heteroatoms. The number of hydrogen-bond donors (Lipinski definition) is 1. The number of benzene rings is 2. The molecule has 134 valence electrons. The van der Waals surface area contributed by atoms with E-state index in [0.29, 0.717) is 11.8 Å². The van der Waals surface area contributed by atoms with Crippen molar-refractivity contribution in [2.75, 3.05) is 0 Å². The lowest BCUT2D eigenvalue weighted by Crippen LogP contribution is -2.11. The van der Waals surface area contributed by atoms with Crippen LogP contribution in [-0.2, 0) is 16.4 Å². The number of rotatable bonds is 5. The van der Waals surface area contributed by atoms with Crippen molar-refractivity contribution in [1.29, 1.82) is 0 Å². The highest BCUT2D eigenvalue weighted by Crippen LogP contribution is 2.66. The summed E-state index contributed by atoms with van der Waals surface area (Å²) < 4.78 is 36.0. The minimum atomic E-state index is -3.65. The van der Waals surface area contributed by atoms with Gasteiger partial charge in [-0.15, -0.1) is 0 Å². The van der Waals surface area contributed by atoms with Crippen LogP contribution in [0.3, 0.4) is 0 Å². The molecule has 1 aliphatic carbocycles. The number of primary sulfonamides is 1. The first-order valence-corrected chi connectivity index (χ1v) is 10.0. The SMILES string of the molecule is Cc1cc(F)ccc1CC[C@@H]1[C@@H](c2ccc(S(N)(=O)=O)cc2)C1(C)C. The van der Waals surface area contributed by atoms with Gasteiger partial charge in [-0.1, -0.05) is 32.0 Å². The molecule has 3 rings (SSSR count). The monoisotopic (exact) mass is 361 g/mol. The molecule has 0 radical (unpaired) electrons. The van der Waals surface area contributed by atoms with Crippen molar-refractivity contribution in [3.63, 3.8) is 0 Å². The molecule has 0 amide bonds. The van der Waals surface area contributed by atoms with Gasteiger partial charge in [0.1, 0.15) is 5.82 Å². The van der Waals surface area contributed by atoms with Crippen LogP contribution in [0.15, 0.2) is 47.4 Å². The van der Waals surface area contributed by atoms with Crippen LogP contribution in [0, 0.1) is 24.1 Å². The largest absolute Gasteiger partial charge is 0.238 e. The van der Waals surface area contributed by atoms with Crippen LogP contribution in [0.2, 0.25) is 0 Å². The Labute approximate surface area is 149 Å². The summed E-state index contributed by atoms with van der Waals surface area (Å²) in [7, 11) is -3.65. The highest BCUT2D eigenvalue weighted by molar-refractivity contribution is 7.89. The maximum atomic E-state index is 13.2. The van der Waals surface area contributed by atoms with Crippen molar-refractivity contribution in [3.05, 3.63) is 65.0 Å². The molecule has 2 atom stereocenters. The van der Waals surface area contributed by atoms with E-state index < -0.39 is 10.0 Å². The third-order valence-corrected chi connectivity index (χ3v) is 6.58. The van der Waals surface area contributed by atoms with Crippen LogP contribution >= 0.6 is 0 Å². The molecule has 2 aromatic rings. The summed E-state index contributed by atoms with van der Waals surface area (Å²) in [6.07, 6.45) is 1.95. The van der Waals surface area contributed by atoms with E-state index in [1.807, 2.05) is 25.1 Å². The molecular weight excluding hydrogens is 337 g/mol. The van der Waals surface area contributed by atoms with Crippen molar-refractivity contribution >= 4 is 10.0 Å². The highest BCUT2D eigenvalue weighted by atomic mass is 32.2. The molecule has 3 nitrogen and oxygen atoms in total. The van der Waals surface area contributed by atoms with Crippen molar-refractivity contribution in [2.45, 2.75) is 44.4 Å². The first-order chi connectivity index (χ1) is 11.6. The quantitative estimate of drug-likeness (QED) is 0.869. The summed E-state index contributed by atoms with van der Waals surface area (Å²) in [4.78, 5) is 0.146. The molecule has 0 spiro atoms. The van der Waals surface area contributed by atoms with Gasteiger partial charge in [0.05, 0.1) is 4.90 Å². The summed E-state index contributed by atoms with van der Waals surface area (Å²) in [5, 5.41) is 5.16. The normalized spacial score (nSPS) is 22.0. The van der Waals surface area contributed by atoms with Gasteiger partial charge in [-0.25, -0.2) is 17.9 Å². The number of nitrogens with two attached hydrogens (primary N) is 1. The first-order valence-electron chi connectivity index (χ1n) is 8.48. The van der Waals surface area contributed by atoms with Gasteiger partial charge < -0.3 is 0 Å². The Morgan fingerprint density at radius 3 is 2.32 bits per heavy atom. The fourth-order valence-electron chi connectivity index (χ4n) is 4.06. The Kier molecular flexibility index (Phi) is 4.50. The number of sulfonamides is 1. The summed E-state index contributed by atoms with van der Waals surface area (Å²) in [6, 6.07) is 11.9. The molecule has 2 aromatic carbocycles. The van der Waals surface area contributed by atoms with E-state index in [1.165, 1.54) is 11.6 Å². The number of halogens is 1. The summed E-state index contributed by atoms with van der Waals surface area (Å²) in [6.45, 7) is 6.43. The smallest absolute Gasteiger partial charge is 0.225 e. The Morgan fingerprint density at radius 2 is 1.76 bits per heavy atom. The second-order valence-corrected chi connectivity index (χ2v) is 9.19. The van der Waals surface area contributed by atoms with Crippen molar-refractivity contribution < 1.29 is 12.8 Å². The molecule has 1 saturated carbocycles. The van der Waals surface area contributed by atoms with Gasteiger partial charge in [-0.3, -0.25) is 0 Å². The standard InChI is InChI=1S/C20H24FNO2S/c1-13-12-16(21)8-4-14(13)7-11-18-19(20(18,2)3)15-5-9-17(10-6-15)25(22,23)24/h4-6,8-10,12,18-19H,7,11H2,1-3H3,(H2,22,23,24)/t18-,19-/m1/s1. The van der Waals surface area contributed by atoms with Crippen LogP contribution in [0.1, 0.15) is 42.9 Å². The fourth-order valence-corrected chi connectivity index (χ4v) is 4.58. The van der Waals surface area contributed by atoms with Gasteiger partial charge in [0.2, 0.25) is 10.0 Å². The topological polar surface area (TPSA) is 60.2 Å². The summed E-state index contributed by atoms with van der Waals surface area (Å²) in [5.41, 5.74) is 3.51. The third-order valence-electron chi connectivity index (χ3n) is 5.65. The molecular formula is C20H24FNO2S. The summed E-state index contributed by atoms with van der Waals surface area (Å²) >= 11 is 0. The van der Waals surface area contributed by atoms with Gasteiger partial charge in [-0.05, 0) is 78.0 Å². The predicted octanol–water partition coefficient (Wildman–Crippen LogP) is 4.15. The van der Waals surface area contributed by atoms with Gasteiger partial charge in [0.15, 0.2) is 0 Å². The molecule has 0 aromatic heterocycles. The lowest BCUT2D eigenvalue weighted by Gasteiger charge is -2.06. The van der Waals surface area contributed by atoms with E-state index in [-0.39, 0.29) is 16.1 Å². The van der Waals surface area contributed by atoms with E-state index in [2.05, 4.69) is 13.8 Å². The van der Waals surface area contributed by atoms with E-state index in [1.54, 1.807) is 18.2 Å². The van der Waals surface area contributed by atoms with Crippen LogP contribution in [0.4, 0.5) is 4.39 Å². The van der Waals surface area contributed by atoms with Gasteiger partial charge >= 0.3 is 0 Å². The molecule has 1 fully saturated rings. The molecule has 0 saturated heterocycles. The number of aryl methyl sites for hydroxylation is 2. The Balaban J connectivity index is 1.71. The molecule has 0 bridgehead atoms. The lowest BCUT2D eigenvalue weighted by atomic mass is 9.99. The molecule has 0 aliphatic heterocycles. The first kappa shape index (κ1) is 18.1. The molecule has 1 aliphatic rings. The predicted molar refractivity (Wildman–Crippen MR) is 97.3 cm³/mol. The average molecular weight is 361 g/mol. The molecule has 2 N–H and O–H groups in total. The highest BCUT2D eigenvalue weighted by Gasteiger charge is 2.57. The zero-order valence-corrected chi connectivity index (χ0v) is 15.6. The van der Waals surface area contributed by atoms with Gasteiger partial charge in [0, 0.05) is 0 Å². The lowest BCUT2D eigenvalue weighted by molar-refractivity contribution is 0.529. The maximum absolute atomic E-state index is 13.2. The number of hydrogen-bond acceptors (Lipinski definition) is 2. The molecule has 0 unspecified atom stereocenters. The minimum Gasteiger partial charge on any atom is -0.225 e. The van der Waals surface area contributed by atoms with Gasteiger partial charge in [-0.2, -0.15) is 0 Å². The molecule has 25 heavy (non-hydrogen) atoms. The van der Waals surface area contributed by atoms with Crippen LogP contribution < -0.4 is 5.14 Å². The molecule has 0 heterocycles. The third kappa shape index (κ3) is 3.62. The van der Waals surface area contributed by atoms with E-state index in [9.17, 15) is 12.8 Å². The zero-order chi connectivity index (χ0) is 18.4. The second-order valence-electron chi connectivity index (χ2n) is 7.63. The Hall–Kier alpha value is -1.72. The summed E-state index contributed by atoms with van der Waals surface area (Å²) in [5.74, 6) is 0.737. The van der Waals surface area contributed by atoms with Crippen molar-refractivity contribution in [3.8, 4) is 0 Å². The van der Waals surface area contributed by atoms with Crippen molar-refractivity contribution in [2.24, 2.45) is 16.5 Å². The van der Waals surface area contributed by atoms with E-state index in [0.717, 1.165) is 24.0 Å². The van der Waals surface area contributed by atoms with E-state index in [4.69, 9.17) is 5.14 Å². The van der Waals surface area contributed by atoms with Crippen molar-refractivity contribution in [1.82, 2.24) is 0 Å². The Morgan fingerprint density at radius 1 is 1.12 bits per heavy atom. The van der Waals surface area contributed by atoms with E-state index >= 15 is 0 Å². The maximum Gasteiger partial charge on any atom is 0.238 e. The van der Waals surface area contributed by atoms with Crippen LogP contribution in [0.5, 0.6) is 0 Å². The van der Waals surface area contributed by atoms with Gasteiger partial charge in [0.25, 0.3) is 0 Å². The Bertz CT molecular complexity index is 888. The van der Waals surface area contributed by atoms with Crippen LogP contribution in [-0.4, -0.2) is 8.42 Å². The minimum absolute atomic E-state index is 0.146. The zero-order valence-electron chi connectivity index (χ0n) is 14.8. The average Bonchev–Trinajstić information content (AvgIpc) is 3.06. The van der Waals surface area contributed by atoms with Crippen LogP contribution in [0.25, 0.3) is 0 Å². The fraction of sp³-hybridized carbons (Fsp3) is 0.400. The second kappa shape index (κ2) is 6.22.